The van der Waals surface area contributed by atoms with Gasteiger partial charge in [0.2, 0.25) is 0 Å². The van der Waals surface area contributed by atoms with Crippen LogP contribution in [0.15, 0.2) is 18.3 Å². The maximum Gasteiger partial charge on any atom is 0.269 e. The van der Waals surface area contributed by atoms with Gasteiger partial charge in [0.15, 0.2) is 0 Å². The number of halogens is 1. The smallest absolute Gasteiger partial charge is 0.269 e. The fourth-order valence-electron chi connectivity index (χ4n) is 1.47. The van der Waals surface area contributed by atoms with E-state index in [1.54, 1.807) is 12.1 Å². The van der Waals surface area contributed by atoms with Crippen molar-refractivity contribution < 1.29 is 9.53 Å². The number of hydrogen-bond acceptors (Lipinski definition) is 3. The van der Waals surface area contributed by atoms with Crippen LogP contribution in [0.1, 0.15) is 17.4 Å². The van der Waals surface area contributed by atoms with E-state index in [1.807, 2.05) is 0 Å². The molecule has 1 fully saturated rings. The zero-order chi connectivity index (χ0) is 11.6. The van der Waals surface area contributed by atoms with E-state index in [-0.39, 0.29) is 11.3 Å². The first kappa shape index (κ1) is 11.4. The predicted molar refractivity (Wildman–Crippen MR) is 60.5 cm³/mol. The van der Waals surface area contributed by atoms with Gasteiger partial charge in [0, 0.05) is 23.2 Å². The quantitative estimate of drug-likeness (QED) is 0.871. The van der Waals surface area contributed by atoms with E-state index in [2.05, 4.69) is 17.2 Å². The van der Waals surface area contributed by atoms with E-state index in [0.29, 0.717) is 30.5 Å². The predicted octanol–water partition coefficient (Wildman–Crippen LogP) is 1.50. The second kappa shape index (κ2) is 4.39. The van der Waals surface area contributed by atoms with Crippen molar-refractivity contribution >= 4 is 17.5 Å². The Kier molecular flexibility index (Phi) is 3.12. The van der Waals surface area contributed by atoms with Gasteiger partial charge in [0.1, 0.15) is 5.69 Å². The van der Waals surface area contributed by atoms with Gasteiger partial charge >= 0.3 is 0 Å². The van der Waals surface area contributed by atoms with E-state index in [0.717, 1.165) is 0 Å². The summed E-state index contributed by atoms with van der Waals surface area (Å²) in [4.78, 5) is 15.7. The minimum Gasteiger partial charge on any atom is -0.380 e. The van der Waals surface area contributed by atoms with Crippen LogP contribution in [0.5, 0.6) is 0 Å². The molecule has 1 saturated heterocycles. The highest BCUT2D eigenvalue weighted by atomic mass is 35.5. The van der Waals surface area contributed by atoms with Crippen molar-refractivity contribution in [3.05, 3.63) is 29.0 Å². The van der Waals surface area contributed by atoms with Crippen LogP contribution in [-0.4, -0.2) is 30.6 Å². The summed E-state index contributed by atoms with van der Waals surface area (Å²) in [5, 5.41) is 3.34. The third-order valence-corrected chi connectivity index (χ3v) is 2.77. The van der Waals surface area contributed by atoms with Crippen molar-refractivity contribution in [3.63, 3.8) is 0 Å². The van der Waals surface area contributed by atoms with Crippen LogP contribution in [0.25, 0.3) is 0 Å². The lowest BCUT2D eigenvalue weighted by Gasteiger charge is -2.37. The Morgan fingerprint density at radius 3 is 3.00 bits per heavy atom. The van der Waals surface area contributed by atoms with Gasteiger partial charge in [-0.1, -0.05) is 18.5 Å². The van der Waals surface area contributed by atoms with Crippen molar-refractivity contribution in [2.75, 3.05) is 19.8 Å². The third-order valence-electron chi connectivity index (χ3n) is 2.53. The average Bonchev–Trinajstić information content (AvgIpc) is 2.23. The lowest BCUT2D eigenvalue weighted by atomic mass is 9.89. The maximum atomic E-state index is 11.7. The fourth-order valence-corrected chi connectivity index (χ4v) is 1.63. The van der Waals surface area contributed by atoms with Crippen LogP contribution in [0.2, 0.25) is 5.02 Å². The molecule has 4 nitrogen and oxygen atoms in total. The van der Waals surface area contributed by atoms with Crippen LogP contribution in [0.3, 0.4) is 0 Å². The molecule has 1 aromatic heterocycles. The van der Waals surface area contributed by atoms with Gasteiger partial charge in [-0.15, -0.1) is 0 Å². The van der Waals surface area contributed by atoms with Gasteiger partial charge < -0.3 is 10.1 Å². The molecule has 0 atom stereocenters. The van der Waals surface area contributed by atoms with Gasteiger partial charge in [-0.25, -0.2) is 0 Å². The first-order chi connectivity index (χ1) is 7.59. The number of rotatable bonds is 3. The summed E-state index contributed by atoms with van der Waals surface area (Å²) in [7, 11) is 0. The summed E-state index contributed by atoms with van der Waals surface area (Å²) in [5.41, 5.74) is 0.408. The standard InChI is InChI=1S/C11H13ClN2O2/c1-11(6-16-7-11)5-14-10(15)9-4-8(12)2-3-13-9/h2-4H,5-7H2,1H3,(H,14,15). The van der Waals surface area contributed by atoms with Crippen LogP contribution in [-0.2, 0) is 4.74 Å². The Balaban J connectivity index is 1.93. The number of pyridine rings is 1. The Bertz CT molecular complexity index is 405. The Morgan fingerprint density at radius 2 is 2.44 bits per heavy atom. The summed E-state index contributed by atoms with van der Waals surface area (Å²) < 4.78 is 5.11. The summed E-state index contributed by atoms with van der Waals surface area (Å²) in [6.07, 6.45) is 1.52. The normalized spacial score (nSPS) is 17.6. The van der Waals surface area contributed by atoms with Crippen LogP contribution in [0.4, 0.5) is 0 Å². The fraction of sp³-hybridized carbons (Fsp3) is 0.455. The first-order valence-corrected chi connectivity index (χ1v) is 5.44. The van der Waals surface area contributed by atoms with Crippen molar-refractivity contribution in [2.45, 2.75) is 6.92 Å². The molecule has 1 amide bonds. The van der Waals surface area contributed by atoms with Crippen molar-refractivity contribution in [2.24, 2.45) is 5.41 Å². The number of nitrogens with one attached hydrogen (secondary N) is 1. The molecule has 0 unspecified atom stereocenters. The van der Waals surface area contributed by atoms with Crippen LogP contribution >= 0.6 is 11.6 Å². The number of amides is 1. The number of carbonyl (C=O) groups excluding carboxylic acids is 1. The molecule has 1 N–H and O–H groups in total. The number of aromatic nitrogens is 1. The van der Waals surface area contributed by atoms with Gasteiger partial charge in [-0.3, -0.25) is 9.78 Å². The zero-order valence-electron chi connectivity index (χ0n) is 9.00. The van der Waals surface area contributed by atoms with Crippen LogP contribution in [0, 0.1) is 5.41 Å². The molecule has 0 saturated carbocycles. The van der Waals surface area contributed by atoms with E-state index >= 15 is 0 Å². The monoisotopic (exact) mass is 240 g/mol. The number of nitrogens with zero attached hydrogens (tertiary/aromatic N) is 1. The molecule has 0 radical (unpaired) electrons. The molecule has 0 spiro atoms. The molecule has 2 rings (SSSR count). The zero-order valence-corrected chi connectivity index (χ0v) is 9.75. The third kappa shape index (κ3) is 2.51. The van der Waals surface area contributed by atoms with Crippen molar-refractivity contribution in [1.82, 2.24) is 10.3 Å². The minimum absolute atomic E-state index is 0.0637. The Morgan fingerprint density at radius 1 is 1.69 bits per heavy atom. The molecule has 1 aliphatic heterocycles. The molecular formula is C11H13ClN2O2. The summed E-state index contributed by atoms with van der Waals surface area (Å²) in [5.74, 6) is -0.198. The van der Waals surface area contributed by atoms with Crippen molar-refractivity contribution in [3.8, 4) is 0 Å². The van der Waals surface area contributed by atoms with Gasteiger partial charge in [-0.2, -0.15) is 0 Å². The molecule has 86 valence electrons. The van der Waals surface area contributed by atoms with Gasteiger partial charge in [-0.05, 0) is 12.1 Å². The number of hydrogen-bond donors (Lipinski definition) is 1. The van der Waals surface area contributed by atoms with Gasteiger partial charge in [0.25, 0.3) is 5.91 Å². The van der Waals surface area contributed by atoms with E-state index in [9.17, 15) is 4.79 Å². The summed E-state index contributed by atoms with van der Waals surface area (Å²) in [6.45, 7) is 4.05. The second-order valence-corrected chi connectivity index (χ2v) is 4.78. The minimum atomic E-state index is -0.198. The lowest BCUT2D eigenvalue weighted by molar-refractivity contribution is -0.0978. The molecule has 0 aliphatic carbocycles. The number of carbonyl (C=O) groups is 1. The SMILES string of the molecule is CC1(CNC(=O)c2cc(Cl)ccn2)COC1. The molecule has 0 bridgehead atoms. The van der Waals surface area contributed by atoms with Crippen molar-refractivity contribution in [1.29, 1.82) is 0 Å². The average molecular weight is 241 g/mol. The highest BCUT2D eigenvalue weighted by Gasteiger charge is 2.33. The molecule has 5 heteroatoms. The second-order valence-electron chi connectivity index (χ2n) is 4.35. The van der Waals surface area contributed by atoms with Gasteiger partial charge in [0.05, 0.1) is 13.2 Å². The summed E-state index contributed by atoms with van der Waals surface area (Å²) >= 11 is 5.78. The molecule has 1 aromatic rings. The molecule has 1 aliphatic rings. The molecular weight excluding hydrogens is 228 g/mol. The van der Waals surface area contributed by atoms with Crippen LogP contribution < -0.4 is 5.32 Å². The Hall–Kier alpha value is -1.13. The maximum absolute atomic E-state index is 11.7. The Labute approximate surface area is 99.0 Å². The highest BCUT2D eigenvalue weighted by molar-refractivity contribution is 6.30. The molecule has 16 heavy (non-hydrogen) atoms. The van der Waals surface area contributed by atoms with E-state index in [4.69, 9.17) is 16.3 Å². The molecule has 0 aromatic carbocycles. The number of ether oxygens (including phenoxy) is 1. The topological polar surface area (TPSA) is 51.2 Å². The first-order valence-electron chi connectivity index (χ1n) is 5.07. The summed E-state index contributed by atoms with van der Waals surface area (Å²) in [6, 6.07) is 3.19. The highest BCUT2D eigenvalue weighted by Crippen LogP contribution is 2.25. The van der Waals surface area contributed by atoms with E-state index in [1.165, 1.54) is 6.20 Å². The lowest BCUT2D eigenvalue weighted by Crippen LogP contribution is -2.48. The van der Waals surface area contributed by atoms with E-state index < -0.39 is 0 Å². The molecule has 2 heterocycles. The largest absolute Gasteiger partial charge is 0.380 e.